The molecule has 2 saturated heterocycles. The van der Waals surface area contributed by atoms with E-state index in [4.69, 9.17) is 14.2 Å². The molecule has 4 aliphatic rings. The summed E-state index contributed by atoms with van der Waals surface area (Å²) in [6.07, 6.45) is -2.07. The number of carbonyl (C=O) groups is 2. The number of aliphatic hydroxyl groups is 1. The Morgan fingerprint density at radius 2 is 2.00 bits per heavy atom. The van der Waals surface area contributed by atoms with E-state index in [2.05, 4.69) is 20.8 Å². The number of piperidine rings is 1. The number of nitrogens with zero attached hydrogens (tertiary/aromatic N) is 2. The van der Waals surface area contributed by atoms with Crippen molar-refractivity contribution in [3.8, 4) is 5.75 Å². The van der Waals surface area contributed by atoms with Crippen LogP contribution in [-0.2, 0) is 24.5 Å². The SMILES string of the molecule is COC(=O)[C@]1(O)C2N(C)c3cc(OC)ccc3[C@@]23CCN2C[C@@H](Br)C[C@@](C(C)F)([C@H]1OC(C)=O)[C@H]23. The van der Waals surface area contributed by atoms with Crippen molar-refractivity contribution in [2.45, 2.75) is 66.9 Å². The van der Waals surface area contributed by atoms with E-state index in [1.807, 2.05) is 23.1 Å². The van der Waals surface area contributed by atoms with Crippen molar-refractivity contribution in [2.24, 2.45) is 5.41 Å². The molecule has 2 unspecified atom stereocenters. The highest BCUT2D eigenvalue weighted by Gasteiger charge is 2.82. The van der Waals surface area contributed by atoms with Gasteiger partial charge in [-0.3, -0.25) is 9.69 Å². The molecule has 1 N–H and O–H groups in total. The third kappa shape index (κ3) is 2.90. The van der Waals surface area contributed by atoms with Gasteiger partial charge in [-0.25, -0.2) is 9.18 Å². The number of halogens is 2. The minimum Gasteiger partial charge on any atom is -0.497 e. The number of anilines is 1. The van der Waals surface area contributed by atoms with E-state index in [1.54, 1.807) is 14.2 Å². The zero-order valence-electron chi connectivity index (χ0n) is 20.6. The van der Waals surface area contributed by atoms with Crippen molar-refractivity contribution < 1.29 is 33.3 Å². The molecule has 1 spiro atoms. The first kappa shape index (κ1) is 24.8. The van der Waals surface area contributed by atoms with Crippen LogP contribution in [0.4, 0.5) is 10.1 Å². The van der Waals surface area contributed by atoms with Crippen LogP contribution in [0, 0.1) is 5.41 Å². The Bertz CT molecular complexity index is 1070. The summed E-state index contributed by atoms with van der Waals surface area (Å²) in [6, 6.07) is 4.44. The van der Waals surface area contributed by atoms with Gasteiger partial charge in [0.1, 0.15) is 11.9 Å². The molecule has 8 atom stereocenters. The predicted molar refractivity (Wildman–Crippen MR) is 130 cm³/mol. The molecular weight excluding hydrogens is 523 g/mol. The molecular formula is C25H32BrFN2O6. The molecule has 10 heteroatoms. The van der Waals surface area contributed by atoms with Gasteiger partial charge >= 0.3 is 11.9 Å². The molecule has 8 nitrogen and oxygen atoms in total. The number of likely N-dealkylation sites (N-methyl/N-ethyl adjacent to an activating group) is 1. The Morgan fingerprint density at radius 3 is 2.60 bits per heavy atom. The fraction of sp³-hybridized carbons (Fsp3) is 0.680. The Kier molecular flexibility index (Phi) is 5.69. The first-order chi connectivity index (χ1) is 16.5. The Balaban J connectivity index is 1.88. The molecule has 3 fully saturated rings. The first-order valence-electron chi connectivity index (χ1n) is 11.9. The first-order valence-corrected chi connectivity index (χ1v) is 12.8. The van der Waals surface area contributed by atoms with Crippen molar-refractivity contribution in [3.05, 3.63) is 23.8 Å². The lowest BCUT2D eigenvalue weighted by molar-refractivity contribution is -0.252. The third-order valence-corrected chi connectivity index (χ3v) is 9.60. The average molecular weight is 555 g/mol. The zero-order chi connectivity index (χ0) is 25.5. The van der Waals surface area contributed by atoms with Gasteiger partial charge in [0, 0.05) is 48.6 Å². The molecule has 35 heavy (non-hydrogen) atoms. The lowest BCUT2D eigenvalue weighted by Crippen LogP contribution is -2.84. The molecule has 0 amide bonds. The molecule has 1 aromatic carbocycles. The molecule has 3 aliphatic heterocycles. The fourth-order valence-corrected chi connectivity index (χ4v) is 9.03. The minimum atomic E-state index is -2.32. The summed E-state index contributed by atoms with van der Waals surface area (Å²) in [5.41, 5.74) is -2.76. The third-order valence-electron chi connectivity index (χ3n) is 8.99. The van der Waals surface area contributed by atoms with E-state index in [-0.39, 0.29) is 11.2 Å². The maximum Gasteiger partial charge on any atom is 0.344 e. The fourth-order valence-electron chi connectivity index (χ4n) is 8.10. The van der Waals surface area contributed by atoms with Crippen LogP contribution >= 0.6 is 15.9 Å². The number of hydrogen-bond acceptors (Lipinski definition) is 8. The highest BCUT2D eigenvalue weighted by molar-refractivity contribution is 9.09. The molecule has 0 bridgehead atoms. The standard InChI is InChI=1S/C25H32BrFN2O6/c1-13(27)24-11-15(26)12-29-9-8-23(19(24)29)17-7-6-16(33-4)10-18(17)28(3)20(23)25(32,22(31)34-5)21(24)35-14(2)30/h6-7,10,13,15,19-21,32H,8-9,11-12H2,1-5H3/t13?,15-,19+,20?,21+,23+,24-,25-/m0/s1. The van der Waals surface area contributed by atoms with Crippen LogP contribution in [0.25, 0.3) is 0 Å². The van der Waals surface area contributed by atoms with E-state index in [9.17, 15) is 14.7 Å². The second kappa shape index (κ2) is 8.05. The number of carbonyl (C=O) groups excluding carboxylic acids is 2. The monoisotopic (exact) mass is 554 g/mol. The molecule has 3 heterocycles. The van der Waals surface area contributed by atoms with E-state index >= 15 is 4.39 Å². The van der Waals surface area contributed by atoms with Crippen LogP contribution in [0.1, 0.15) is 32.3 Å². The van der Waals surface area contributed by atoms with Crippen molar-refractivity contribution in [3.63, 3.8) is 0 Å². The molecule has 1 aromatic rings. The smallest absolute Gasteiger partial charge is 0.344 e. The van der Waals surface area contributed by atoms with Crippen LogP contribution in [0.3, 0.4) is 0 Å². The Morgan fingerprint density at radius 1 is 1.29 bits per heavy atom. The van der Waals surface area contributed by atoms with Gasteiger partial charge in [-0.1, -0.05) is 22.0 Å². The van der Waals surface area contributed by atoms with Crippen LogP contribution in [-0.4, -0.2) is 91.1 Å². The number of esters is 2. The van der Waals surface area contributed by atoms with Gasteiger partial charge in [-0.05, 0) is 37.9 Å². The van der Waals surface area contributed by atoms with Gasteiger partial charge in [0.15, 0.2) is 6.10 Å². The molecule has 0 radical (unpaired) electrons. The molecule has 0 aromatic heterocycles. The summed E-state index contributed by atoms with van der Waals surface area (Å²) in [7, 11) is 4.57. The number of alkyl halides is 2. The highest BCUT2D eigenvalue weighted by Crippen LogP contribution is 2.69. The topological polar surface area (TPSA) is 88.5 Å². The average Bonchev–Trinajstić information content (AvgIpc) is 3.31. The maximum absolute atomic E-state index is 16.2. The van der Waals surface area contributed by atoms with Gasteiger partial charge in [-0.2, -0.15) is 0 Å². The minimum absolute atomic E-state index is 0.113. The van der Waals surface area contributed by atoms with E-state index in [1.165, 1.54) is 21.0 Å². The lowest BCUT2D eigenvalue weighted by atomic mass is 9.46. The van der Waals surface area contributed by atoms with Crippen LogP contribution < -0.4 is 9.64 Å². The number of ether oxygens (including phenoxy) is 3. The van der Waals surface area contributed by atoms with Gasteiger partial charge in [0.05, 0.1) is 25.7 Å². The number of benzene rings is 1. The second-order valence-corrected chi connectivity index (χ2v) is 11.7. The Hall–Kier alpha value is -1.91. The van der Waals surface area contributed by atoms with Crippen molar-refractivity contribution >= 4 is 33.6 Å². The van der Waals surface area contributed by atoms with Crippen LogP contribution in [0.15, 0.2) is 18.2 Å². The van der Waals surface area contributed by atoms with E-state index < -0.39 is 52.7 Å². The number of rotatable bonds is 4. The molecule has 1 saturated carbocycles. The van der Waals surface area contributed by atoms with Gasteiger partial charge < -0.3 is 24.2 Å². The summed E-state index contributed by atoms with van der Waals surface area (Å²) in [6.45, 7) is 4.00. The van der Waals surface area contributed by atoms with E-state index in [0.717, 1.165) is 11.3 Å². The maximum atomic E-state index is 16.2. The van der Waals surface area contributed by atoms with Crippen LogP contribution in [0.2, 0.25) is 0 Å². The van der Waals surface area contributed by atoms with Crippen molar-refractivity contribution in [2.75, 3.05) is 39.3 Å². The predicted octanol–water partition coefficient (Wildman–Crippen LogP) is 2.19. The van der Waals surface area contributed by atoms with E-state index in [0.29, 0.717) is 25.3 Å². The van der Waals surface area contributed by atoms with Crippen molar-refractivity contribution in [1.82, 2.24) is 4.90 Å². The zero-order valence-corrected chi connectivity index (χ0v) is 22.2. The summed E-state index contributed by atoms with van der Waals surface area (Å²) in [4.78, 5) is 30.0. The second-order valence-electron chi connectivity index (χ2n) is 10.4. The van der Waals surface area contributed by atoms with Gasteiger partial charge in [0.25, 0.3) is 0 Å². The molecule has 192 valence electrons. The summed E-state index contributed by atoms with van der Waals surface area (Å²) in [5.74, 6) is -0.993. The quantitative estimate of drug-likeness (QED) is 0.447. The van der Waals surface area contributed by atoms with Gasteiger partial charge in [0.2, 0.25) is 5.60 Å². The highest BCUT2D eigenvalue weighted by atomic mass is 79.9. The number of hydrogen-bond donors (Lipinski definition) is 1. The molecule has 5 rings (SSSR count). The molecule has 1 aliphatic carbocycles. The normalized spacial score (nSPS) is 40.4. The lowest BCUT2D eigenvalue weighted by Gasteiger charge is -2.65. The van der Waals surface area contributed by atoms with Crippen molar-refractivity contribution in [1.29, 1.82) is 0 Å². The number of methoxy groups -OCH3 is 2. The van der Waals surface area contributed by atoms with Crippen LogP contribution in [0.5, 0.6) is 5.75 Å². The summed E-state index contributed by atoms with van der Waals surface area (Å²) in [5, 5.41) is 12.5. The summed E-state index contributed by atoms with van der Waals surface area (Å²) >= 11 is 3.70. The summed E-state index contributed by atoms with van der Waals surface area (Å²) < 4.78 is 32.6. The number of fused-ring (bicyclic) bond motifs is 1. The largest absolute Gasteiger partial charge is 0.497 e. The van der Waals surface area contributed by atoms with Gasteiger partial charge in [-0.15, -0.1) is 0 Å². The Labute approximate surface area is 212 Å².